The fraction of sp³-hybridized carbons (Fsp3) is 0.400. The molecule has 33 heavy (non-hydrogen) atoms. The number of ether oxygens (including phenoxy) is 1. The van der Waals surface area contributed by atoms with Crippen molar-refractivity contribution in [2.24, 2.45) is 11.8 Å². The van der Waals surface area contributed by atoms with E-state index in [1.807, 2.05) is 29.6 Å². The molecule has 2 N–H and O–H groups in total. The Morgan fingerprint density at radius 2 is 2.21 bits per heavy atom. The normalized spacial score (nSPS) is 19.6. The molecule has 4 rings (SSSR count). The number of carboxylic acid groups (broad SMARTS) is 1. The van der Waals surface area contributed by atoms with Crippen molar-refractivity contribution in [2.75, 3.05) is 26.7 Å². The predicted molar refractivity (Wildman–Crippen MR) is 127 cm³/mol. The molecule has 0 saturated carbocycles. The third-order valence-electron chi connectivity index (χ3n) is 6.24. The Morgan fingerprint density at radius 1 is 1.33 bits per heavy atom. The van der Waals surface area contributed by atoms with Crippen molar-refractivity contribution < 1.29 is 19.7 Å². The number of aliphatic hydroxyl groups excluding tert-OH is 1. The van der Waals surface area contributed by atoms with E-state index >= 15 is 0 Å². The van der Waals surface area contributed by atoms with E-state index in [4.69, 9.17) is 4.74 Å². The number of benzene rings is 1. The Labute approximate surface area is 197 Å². The third-order valence-corrected chi connectivity index (χ3v) is 6.93. The molecule has 0 aliphatic carbocycles. The molecule has 1 aromatic carbocycles. The van der Waals surface area contributed by atoms with Crippen LogP contribution >= 0.6 is 11.3 Å². The number of thiazole rings is 1. The summed E-state index contributed by atoms with van der Waals surface area (Å²) in [6.07, 6.45) is 4.63. The van der Waals surface area contributed by atoms with Gasteiger partial charge < -0.3 is 14.9 Å². The molecule has 1 aliphatic heterocycles. The van der Waals surface area contributed by atoms with Crippen molar-refractivity contribution in [2.45, 2.75) is 25.4 Å². The number of aliphatic hydroxyl groups is 1. The summed E-state index contributed by atoms with van der Waals surface area (Å²) in [6.45, 7) is 1.80. The summed E-state index contributed by atoms with van der Waals surface area (Å²) in [5.41, 5.74) is 1.59. The van der Waals surface area contributed by atoms with Crippen LogP contribution in [0.1, 0.15) is 35.9 Å². The highest BCUT2D eigenvalue weighted by Crippen LogP contribution is 2.33. The number of hydrogen-bond donors (Lipinski definition) is 2. The van der Waals surface area contributed by atoms with Gasteiger partial charge in [0.15, 0.2) is 5.01 Å². The van der Waals surface area contributed by atoms with Gasteiger partial charge in [-0.25, -0.2) is 4.98 Å². The van der Waals surface area contributed by atoms with E-state index in [2.05, 4.69) is 26.7 Å². The largest absolute Gasteiger partial charge is 0.497 e. The van der Waals surface area contributed by atoms with Crippen molar-refractivity contribution >= 4 is 28.2 Å². The number of carbonyl (C=O) groups is 1. The van der Waals surface area contributed by atoms with Crippen LogP contribution in [0.2, 0.25) is 0 Å². The van der Waals surface area contributed by atoms with Gasteiger partial charge in [-0.05, 0) is 67.5 Å². The van der Waals surface area contributed by atoms with Gasteiger partial charge in [0, 0.05) is 29.7 Å². The van der Waals surface area contributed by atoms with Crippen molar-refractivity contribution in [3.8, 4) is 17.6 Å². The molecule has 1 fully saturated rings. The summed E-state index contributed by atoms with van der Waals surface area (Å²) in [4.78, 5) is 22.6. The van der Waals surface area contributed by atoms with Crippen LogP contribution in [-0.2, 0) is 4.79 Å². The number of nitrogens with zero attached hydrogens (tertiary/aromatic N) is 3. The first-order valence-electron chi connectivity index (χ1n) is 11.0. The van der Waals surface area contributed by atoms with Crippen molar-refractivity contribution in [1.29, 1.82) is 0 Å². The molecule has 0 radical (unpaired) electrons. The lowest BCUT2D eigenvalue weighted by Crippen LogP contribution is -2.44. The van der Waals surface area contributed by atoms with Gasteiger partial charge in [-0.3, -0.25) is 14.7 Å². The Hall–Kier alpha value is -2.99. The number of aliphatic carboxylic acids is 1. The van der Waals surface area contributed by atoms with Gasteiger partial charge in [0.25, 0.3) is 0 Å². The molecule has 1 saturated heterocycles. The van der Waals surface area contributed by atoms with Crippen molar-refractivity contribution in [3.63, 3.8) is 0 Å². The average Bonchev–Trinajstić information content (AvgIpc) is 3.35. The van der Waals surface area contributed by atoms with E-state index in [1.54, 1.807) is 19.5 Å². The lowest BCUT2D eigenvalue weighted by molar-refractivity contribution is -0.146. The van der Waals surface area contributed by atoms with Crippen LogP contribution in [0.4, 0.5) is 0 Å². The maximum Gasteiger partial charge on any atom is 0.308 e. The predicted octanol–water partition coefficient (Wildman–Crippen LogP) is 3.59. The zero-order valence-electron chi connectivity index (χ0n) is 18.5. The fourth-order valence-electron chi connectivity index (χ4n) is 4.44. The highest BCUT2D eigenvalue weighted by Gasteiger charge is 2.34. The molecule has 3 aromatic rings. The summed E-state index contributed by atoms with van der Waals surface area (Å²) >= 11 is 1.49. The molecule has 172 valence electrons. The molecule has 0 bridgehead atoms. The summed E-state index contributed by atoms with van der Waals surface area (Å²) in [5.74, 6) is 5.60. The molecule has 3 heterocycles. The first kappa shape index (κ1) is 23.2. The van der Waals surface area contributed by atoms with Crippen LogP contribution in [0.3, 0.4) is 0 Å². The number of rotatable bonds is 7. The van der Waals surface area contributed by atoms with Gasteiger partial charge in [0.2, 0.25) is 0 Å². The molecule has 3 atom stereocenters. The number of likely N-dealkylation sites (tertiary alicyclic amines) is 1. The van der Waals surface area contributed by atoms with Gasteiger partial charge >= 0.3 is 5.97 Å². The summed E-state index contributed by atoms with van der Waals surface area (Å²) in [7, 11) is 1.61. The minimum atomic E-state index is -0.786. The van der Waals surface area contributed by atoms with Crippen LogP contribution in [0.25, 0.3) is 10.9 Å². The highest BCUT2D eigenvalue weighted by molar-refractivity contribution is 7.10. The van der Waals surface area contributed by atoms with Gasteiger partial charge in [0.05, 0.1) is 31.2 Å². The fourth-order valence-corrected chi connectivity index (χ4v) is 4.94. The molecule has 8 heteroatoms. The number of fused-ring (bicyclic) bond motifs is 1. The smallest absolute Gasteiger partial charge is 0.308 e. The lowest BCUT2D eigenvalue weighted by atomic mass is 9.81. The van der Waals surface area contributed by atoms with Crippen LogP contribution in [0.5, 0.6) is 5.75 Å². The van der Waals surface area contributed by atoms with E-state index in [9.17, 15) is 15.0 Å². The summed E-state index contributed by atoms with van der Waals surface area (Å²) < 4.78 is 5.32. The highest BCUT2D eigenvalue weighted by atomic mass is 32.1. The van der Waals surface area contributed by atoms with Gasteiger partial charge in [0.1, 0.15) is 5.75 Å². The Morgan fingerprint density at radius 3 is 2.97 bits per heavy atom. The monoisotopic (exact) mass is 465 g/mol. The number of pyridine rings is 1. The number of methoxy groups -OCH3 is 1. The first-order valence-corrected chi connectivity index (χ1v) is 11.9. The second-order valence-corrected chi connectivity index (χ2v) is 9.14. The topological polar surface area (TPSA) is 95.8 Å². The lowest BCUT2D eigenvalue weighted by Gasteiger charge is -2.36. The van der Waals surface area contributed by atoms with E-state index in [0.717, 1.165) is 34.4 Å². The average molecular weight is 466 g/mol. The van der Waals surface area contributed by atoms with Crippen LogP contribution in [-0.4, -0.2) is 57.8 Å². The first-order chi connectivity index (χ1) is 16.0. The Balaban J connectivity index is 1.38. The second-order valence-electron chi connectivity index (χ2n) is 8.24. The molecule has 7 nitrogen and oxygen atoms in total. The summed E-state index contributed by atoms with van der Waals surface area (Å²) in [5, 5.41) is 24.3. The Kier molecular flexibility index (Phi) is 7.55. The maximum atomic E-state index is 12.0. The Bertz CT molecular complexity index is 1160. The zero-order chi connectivity index (χ0) is 23.2. The maximum absolute atomic E-state index is 12.0. The van der Waals surface area contributed by atoms with Gasteiger partial charge in [-0.15, -0.1) is 11.3 Å². The minimum absolute atomic E-state index is 0.0166. The van der Waals surface area contributed by atoms with E-state index < -0.39 is 18.0 Å². The van der Waals surface area contributed by atoms with Crippen LogP contribution in [0, 0.1) is 23.7 Å². The number of piperidine rings is 1. The second kappa shape index (κ2) is 10.8. The van der Waals surface area contributed by atoms with Crippen molar-refractivity contribution in [1.82, 2.24) is 14.9 Å². The van der Waals surface area contributed by atoms with Gasteiger partial charge in [-0.1, -0.05) is 5.92 Å². The molecule has 1 aliphatic rings. The summed E-state index contributed by atoms with van der Waals surface area (Å²) in [6, 6.07) is 7.42. The molecule has 2 aromatic heterocycles. The molecular formula is C25H27N3O4S. The molecule has 0 amide bonds. The van der Waals surface area contributed by atoms with Crippen molar-refractivity contribution in [3.05, 3.63) is 52.6 Å². The number of hydrogen-bond acceptors (Lipinski definition) is 7. The van der Waals surface area contributed by atoms with E-state index in [-0.39, 0.29) is 5.92 Å². The third kappa shape index (κ3) is 5.69. The molecular weight excluding hydrogens is 438 g/mol. The minimum Gasteiger partial charge on any atom is -0.497 e. The quantitative estimate of drug-likeness (QED) is 0.515. The van der Waals surface area contributed by atoms with Crippen LogP contribution < -0.4 is 4.74 Å². The molecule has 0 unspecified atom stereocenters. The van der Waals surface area contributed by atoms with E-state index in [1.165, 1.54) is 11.3 Å². The standard InChI is InChI=1S/C25H27N3O4S/c1-32-18-5-6-22-20(15-18)19(8-10-26-22)23(29)7-4-17-9-13-28(16-21(17)25(30)31)12-2-3-24-27-11-14-33-24/h5-6,8,10-11,14-15,17,21,23,29H,4,7,9,12-13,16H2,1H3,(H,30,31)/t17-,21+,23+/m1/s1. The zero-order valence-corrected chi connectivity index (χ0v) is 19.3. The molecule has 0 spiro atoms. The number of aromatic nitrogens is 2. The van der Waals surface area contributed by atoms with Crippen LogP contribution in [0.15, 0.2) is 42.0 Å². The number of carboxylic acids is 1. The van der Waals surface area contributed by atoms with Gasteiger partial charge in [-0.2, -0.15) is 0 Å². The SMILES string of the molecule is COc1ccc2nccc([C@@H](O)CC[C@@H]3CCN(CC#Cc4nccs4)C[C@@H]3C(=O)O)c2c1. The van der Waals surface area contributed by atoms with E-state index in [0.29, 0.717) is 31.7 Å².